The third kappa shape index (κ3) is 3.21. The van der Waals surface area contributed by atoms with Gasteiger partial charge in [0.25, 0.3) is 0 Å². The molecule has 4 nitrogen and oxygen atoms in total. The van der Waals surface area contributed by atoms with Crippen molar-refractivity contribution in [1.29, 1.82) is 5.26 Å². The summed E-state index contributed by atoms with van der Waals surface area (Å²) in [6, 6.07) is 2.12. The normalized spacial score (nSPS) is 19.9. The highest BCUT2D eigenvalue weighted by atomic mass is 16.2. The Balaban J connectivity index is 2.36. The van der Waals surface area contributed by atoms with Crippen LogP contribution in [0.4, 0.5) is 0 Å². The molecule has 0 spiro atoms. The van der Waals surface area contributed by atoms with Crippen molar-refractivity contribution in [3.8, 4) is 6.07 Å². The average Bonchev–Trinajstić information content (AvgIpc) is 2.14. The highest BCUT2D eigenvalue weighted by Gasteiger charge is 2.35. The van der Waals surface area contributed by atoms with Crippen molar-refractivity contribution in [2.24, 2.45) is 11.7 Å². The fourth-order valence-electron chi connectivity index (χ4n) is 1.80. The Morgan fingerprint density at radius 1 is 1.67 bits per heavy atom. The number of nitrogens with zero attached hydrogens (tertiary/aromatic N) is 2. The molecule has 84 valence electrons. The Kier molecular flexibility index (Phi) is 3.70. The molecule has 4 heteroatoms. The van der Waals surface area contributed by atoms with Gasteiger partial charge in [-0.1, -0.05) is 0 Å². The van der Waals surface area contributed by atoms with E-state index < -0.39 is 0 Å². The minimum absolute atomic E-state index is 0.0549. The predicted octanol–water partition coefficient (Wildman–Crippen LogP) is 0.876. The third-order valence-corrected chi connectivity index (χ3v) is 3.05. The number of hydrogen-bond donors (Lipinski definition) is 1. The molecule has 0 heterocycles. The summed E-state index contributed by atoms with van der Waals surface area (Å²) in [6.07, 6.45) is 3.44. The molecule has 0 aliphatic heterocycles. The number of carbonyl (C=O) groups is 1. The van der Waals surface area contributed by atoms with Gasteiger partial charge in [-0.15, -0.1) is 0 Å². The van der Waals surface area contributed by atoms with Gasteiger partial charge in [0.15, 0.2) is 0 Å². The van der Waals surface area contributed by atoms with Crippen molar-refractivity contribution < 1.29 is 4.79 Å². The average molecular weight is 209 g/mol. The van der Waals surface area contributed by atoms with E-state index >= 15 is 0 Å². The van der Waals surface area contributed by atoms with Crippen molar-refractivity contribution in [1.82, 2.24) is 4.90 Å². The lowest BCUT2D eigenvalue weighted by molar-refractivity contribution is -0.132. The molecule has 1 fully saturated rings. The molecular formula is C11H19N3O. The molecule has 0 aromatic heterocycles. The molecule has 1 saturated carbocycles. The molecule has 0 aromatic rings. The van der Waals surface area contributed by atoms with Gasteiger partial charge in [0.05, 0.1) is 12.0 Å². The lowest BCUT2D eigenvalue weighted by Gasteiger charge is -2.38. The second kappa shape index (κ2) is 4.63. The van der Waals surface area contributed by atoms with E-state index in [1.54, 1.807) is 11.9 Å². The number of carbonyl (C=O) groups excluding carboxylic acids is 1. The Morgan fingerprint density at radius 3 is 2.67 bits per heavy atom. The summed E-state index contributed by atoms with van der Waals surface area (Å²) in [5.74, 6) is -0.0617. The van der Waals surface area contributed by atoms with E-state index in [0.29, 0.717) is 13.0 Å². The summed E-state index contributed by atoms with van der Waals surface area (Å²) >= 11 is 0. The monoisotopic (exact) mass is 209 g/mol. The summed E-state index contributed by atoms with van der Waals surface area (Å²) in [4.78, 5) is 13.4. The van der Waals surface area contributed by atoms with Crippen LogP contribution in [0.15, 0.2) is 0 Å². The van der Waals surface area contributed by atoms with Crippen LogP contribution in [-0.4, -0.2) is 29.9 Å². The minimum Gasteiger partial charge on any atom is -0.344 e. The fraction of sp³-hybridized carbons (Fsp3) is 0.818. The van der Waals surface area contributed by atoms with Crippen LogP contribution in [0.25, 0.3) is 0 Å². The van der Waals surface area contributed by atoms with Crippen molar-refractivity contribution in [3.63, 3.8) is 0 Å². The third-order valence-electron chi connectivity index (χ3n) is 3.05. The van der Waals surface area contributed by atoms with Crippen molar-refractivity contribution in [3.05, 3.63) is 0 Å². The maximum Gasteiger partial charge on any atom is 0.224 e. The van der Waals surface area contributed by atoms with Gasteiger partial charge in [0.1, 0.15) is 0 Å². The van der Waals surface area contributed by atoms with Gasteiger partial charge in [0, 0.05) is 25.6 Å². The quantitative estimate of drug-likeness (QED) is 0.747. The molecule has 1 amide bonds. The van der Waals surface area contributed by atoms with Crippen LogP contribution in [0, 0.1) is 17.2 Å². The number of nitrogens with two attached hydrogens (primary N) is 1. The first-order chi connectivity index (χ1) is 6.97. The number of amides is 1. The van der Waals surface area contributed by atoms with Crippen LogP contribution in [0.3, 0.4) is 0 Å². The second-order valence-electron chi connectivity index (χ2n) is 4.70. The van der Waals surface area contributed by atoms with E-state index in [4.69, 9.17) is 11.0 Å². The van der Waals surface area contributed by atoms with Crippen molar-refractivity contribution in [2.45, 2.75) is 38.1 Å². The summed E-state index contributed by atoms with van der Waals surface area (Å²) in [6.45, 7) is 2.30. The van der Waals surface area contributed by atoms with Crippen molar-refractivity contribution >= 4 is 5.91 Å². The fourth-order valence-corrected chi connectivity index (χ4v) is 1.80. The van der Waals surface area contributed by atoms with E-state index in [2.05, 4.69) is 6.07 Å². The summed E-state index contributed by atoms with van der Waals surface area (Å²) in [7, 11) is 1.73. The molecule has 1 rings (SSSR count). The number of rotatable bonds is 4. The van der Waals surface area contributed by atoms with Gasteiger partial charge in [-0.2, -0.15) is 5.26 Å². The van der Waals surface area contributed by atoms with E-state index in [9.17, 15) is 4.79 Å². The van der Waals surface area contributed by atoms with Crippen LogP contribution >= 0.6 is 0 Å². The molecule has 0 radical (unpaired) electrons. The predicted molar refractivity (Wildman–Crippen MR) is 57.8 cm³/mol. The lowest BCUT2D eigenvalue weighted by atomic mass is 9.75. The van der Waals surface area contributed by atoms with Crippen LogP contribution in [0.5, 0.6) is 0 Å². The first kappa shape index (κ1) is 12.0. The zero-order valence-corrected chi connectivity index (χ0v) is 9.49. The Labute approximate surface area is 91.0 Å². The maximum absolute atomic E-state index is 11.7. The van der Waals surface area contributed by atoms with Crippen LogP contribution < -0.4 is 5.73 Å². The lowest BCUT2D eigenvalue weighted by Crippen LogP contribution is -2.50. The van der Waals surface area contributed by atoms with Gasteiger partial charge < -0.3 is 10.6 Å². The molecule has 0 saturated heterocycles. The van der Waals surface area contributed by atoms with Gasteiger partial charge in [-0.05, 0) is 26.2 Å². The van der Waals surface area contributed by atoms with E-state index in [0.717, 1.165) is 19.3 Å². The summed E-state index contributed by atoms with van der Waals surface area (Å²) < 4.78 is 0. The van der Waals surface area contributed by atoms with Gasteiger partial charge in [-0.3, -0.25) is 4.79 Å². The standard InChI is InChI=1S/C11H19N3O/c1-9(7-12)8-14(2)10(15)6-11(13)4-3-5-11/h9H,3-6,8,13H2,1-2H3. The number of hydrogen-bond acceptors (Lipinski definition) is 3. The molecule has 1 aliphatic carbocycles. The highest BCUT2D eigenvalue weighted by Crippen LogP contribution is 2.32. The molecule has 1 atom stereocenters. The molecular weight excluding hydrogens is 190 g/mol. The summed E-state index contributed by atoms with van der Waals surface area (Å²) in [5, 5.41) is 8.64. The Hall–Kier alpha value is -1.08. The number of nitriles is 1. The molecule has 2 N–H and O–H groups in total. The topological polar surface area (TPSA) is 70.1 Å². The first-order valence-corrected chi connectivity index (χ1v) is 5.39. The van der Waals surface area contributed by atoms with Gasteiger partial charge >= 0.3 is 0 Å². The van der Waals surface area contributed by atoms with Crippen LogP contribution in [0.2, 0.25) is 0 Å². The highest BCUT2D eigenvalue weighted by molar-refractivity contribution is 5.77. The van der Waals surface area contributed by atoms with Crippen LogP contribution in [0.1, 0.15) is 32.6 Å². The molecule has 1 aliphatic rings. The molecule has 0 bridgehead atoms. The minimum atomic E-state index is -0.263. The van der Waals surface area contributed by atoms with Gasteiger partial charge in [0.2, 0.25) is 5.91 Å². The molecule has 1 unspecified atom stereocenters. The summed E-state index contributed by atoms with van der Waals surface area (Å²) in [5.41, 5.74) is 5.73. The smallest absolute Gasteiger partial charge is 0.224 e. The van der Waals surface area contributed by atoms with Crippen LogP contribution in [-0.2, 0) is 4.79 Å². The van der Waals surface area contributed by atoms with E-state index in [1.807, 2.05) is 6.92 Å². The first-order valence-electron chi connectivity index (χ1n) is 5.39. The van der Waals surface area contributed by atoms with Gasteiger partial charge in [-0.25, -0.2) is 0 Å². The maximum atomic E-state index is 11.7. The zero-order chi connectivity index (χ0) is 11.5. The second-order valence-corrected chi connectivity index (χ2v) is 4.70. The van der Waals surface area contributed by atoms with Crippen molar-refractivity contribution in [2.75, 3.05) is 13.6 Å². The largest absolute Gasteiger partial charge is 0.344 e. The Morgan fingerprint density at radius 2 is 2.27 bits per heavy atom. The Bertz CT molecular complexity index is 278. The molecule has 15 heavy (non-hydrogen) atoms. The van der Waals surface area contributed by atoms with E-state index in [1.165, 1.54) is 0 Å². The zero-order valence-electron chi connectivity index (χ0n) is 9.49. The molecule has 0 aromatic carbocycles. The SMILES string of the molecule is CC(C#N)CN(C)C(=O)CC1(N)CCC1. The van der Waals surface area contributed by atoms with E-state index in [-0.39, 0.29) is 17.4 Å².